The van der Waals surface area contributed by atoms with Gasteiger partial charge < -0.3 is 15.2 Å². The first-order chi connectivity index (χ1) is 11.2. The van der Waals surface area contributed by atoms with Crippen LogP contribution in [0, 0.1) is 0 Å². The zero-order valence-electron chi connectivity index (χ0n) is 12.5. The Labute approximate surface area is 132 Å². The van der Waals surface area contributed by atoms with Crippen molar-refractivity contribution >= 4 is 28.6 Å². The Morgan fingerprint density at radius 3 is 3.00 bits per heavy atom. The largest absolute Gasteiger partial charge is 0.382 e. The Kier molecular flexibility index (Phi) is 3.18. The van der Waals surface area contributed by atoms with E-state index in [2.05, 4.69) is 21.0 Å². The maximum Gasteiger partial charge on any atom is 0.228 e. The topological polar surface area (TPSA) is 89.9 Å². The minimum atomic E-state index is 0.110. The highest BCUT2D eigenvalue weighted by molar-refractivity contribution is 5.95. The van der Waals surface area contributed by atoms with Crippen molar-refractivity contribution in [3.8, 4) is 0 Å². The van der Waals surface area contributed by atoms with Crippen molar-refractivity contribution in [1.82, 2.24) is 19.5 Å². The molecule has 1 aromatic carbocycles. The molecule has 3 heterocycles. The van der Waals surface area contributed by atoms with E-state index < -0.39 is 0 Å². The van der Waals surface area contributed by atoms with Crippen LogP contribution in [-0.2, 0) is 17.8 Å². The summed E-state index contributed by atoms with van der Waals surface area (Å²) < 4.78 is 1.84. The van der Waals surface area contributed by atoms with Crippen LogP contribution in [0.1, 0.15) is 12.0 Å². The minimum Gasteiger partial charge on any atom is -0.382 e. The van der Waals surface area contributed by atoms with Crippen molar-refractivity contribution < 1.29 is 4.79 Å². The summed E-state index contributed by atoms with van der Waals surface area (Å²) in [6.07, 6.45) is 4.37. The Morgan fingerprint density at radius 1 is 1.22 bits per heavy atom. The average Bonchev–Trinajstić information content (AvgIpc) is 3.17. The summed E-state index contributed by atoms with van der Waals surface area (Å²) in [6.45, 7) is 1.27. The molecule has 4 rings (SSSR count). The Morgan fingerprint density at radius 2 is 2.09 bits per heavy atom. The molecule has 0 unspecified atom stereocenters. The van der Waals surface area contributed by atoms with E-state index in [4.69, 9.17) is 5.73 Å². The van der Waals surface area contributed by atoms with Gasteiger partial charge in [0, 0.05) is 25.2 Å². The zero-order valence-corrected chi connectivity index (χ0v) is 12.5. The molecule has 1 amide bonds. The number of rotatable bonds is 3. The average molecular weight is 308 g/mol. The number of hydrogen-bond donors (Lipinski definition) is 1. The molecule has 0 aliphatic carbocycles. The highest BCUT2D eigenvalue weighted by Crippen LogP contribution is 2.28. The Balaban J connectivity index is 1.51. The quantitative estimate of drug-likeness (QED) is 0.789. The second-order valence-electron chi connectivity index (χ2n) is 5.54. The van der Waals surface area contributed by atoms with Crippen molar-refractivity contribution in [3.63, 3.8) is 0 Å². The van der Waals surface area contributed by atoms with Crippen molar-refractivity contribution in [2.45, 2.75) is 19.4 Å². The number of carbonyl (C=O) groups is 1. The second kappa shape index (κ2) is 5.35. The van der Waals surface area contributed by atoms with Crippen LogP contribution in [0.5, 0.6) is 0 Å². The predicted octanol–water partition coefficient (Wildman–Crippen LogP) is 1.39. The lowest BCUT2D eigenvalue weighted by atomic mass is 10.2. The smallest absolute Gasteiger partial charge is 0.228 e. The molecule has 0 saturated carbocycles. The van der Waals surface area contributed by atoms with E-state index in [0.29, 0.717) is 29.9 Å². The Bertz CT molecular complexity index is 887. The molecule has 1 aliphatic rings. The highest BCUT2D eigenvalue weighted by atomic mass is 16.2. The first kappa shape index (κ1) is 13.7. The number of anilines is 2. The normalized spacial score (nSPS) is 13.5. The molecule has 7 heteroatoms. The summed E-state index contributed by atoms with van der Waals surface area (Å²) in [5, 5.41) is 0. The summed E-state index contributed by atoms with van der Waals surface area (Å²) in [5.41, 5.74) is 9.27. The molecule has 0 fully saturated rings. The van der Waals surface area contributed by atoms with E-state index >= 15 is 0 Å². The first-order valence-electron chi connectivity index (χ1n) is 7.53. The van der Waals surface area contributed by atoms with E-state index in [-0.39, 0.29) is 5.91 Å². The van der Waals surface area contributed by atoms with Crippen LogP contribution >= 0.6 is 0 Å². The summed E-state index contributed by atoms with van der Waals surface area (Å²) >= 11 is 0. The van der Waals surface area contributed by atoms with Crippen LogP contribution in [0.4, 0.5) is 11.5 Å². The number of nitrogens with two attached hydrogens (primary N) is 1. The number of aromatic nitrogens is 4. The number of nitrogens with zero attached hydrogens (tertiary/aromatic N) is 5. The SMILES string of the molecule is Nc1ncnc2c1ncn2CCC(=O)N1CCc2ccccc21. The number of carbonyl (C=O) groups excluding carboxylic acids is 1. The molecule has 0 bridgehead atoms. The van der Waals surface area contributed by atoms with Gasteiger partial charge in [0.2, 0.25) is 5.91 Å². The van der Waals surface area contributed by atoms with Gasteiger partial charge in [-0.05, 0) is 18.1 Å². The third-order valence-corrected chi connectivity index (χ3v) is 4.18. The molecular weight excluding hydrogens is 292 g/mol. The fraction of sp³-hybridized carbons (Fsp3) is 0.250. The number of imidazole rings is 1. The predicted molar refractivity (Wildman–Crippen MR) is 86.9 cm³/mol. The van der Waals surface area contributed by atoms with Gasteiger partial charge in [-0.1, -0.05) is 18.2 Å². The van der Waals surface area contributed by atoms with Crippen molar-refractivity contribution in [1.29, 1.82) is 0 Å². The van der Waals surface area contributed by atoms with Gasteiger partial charge in [-0.15, -0.1) is 0 Å². The number of aryl methyl sites for hydroxylation is 1. The van der Waals surface area contributed by atoms with E-state index in [1.165, 1.54) is 11.9 Å². The van der Waals surface area contributed by atoms with Crippen molar-refractivity contribution in [2.24, 2.45) is 0 Å². The molecule has 0 atom stereocenters. The van der Waals surface area contributed by atoms with Crippen LogP contribution in [0.2, 0.25) is 0 Å². The van der Waals surface area contributed by atoms with Gasteiger partial charge in [0.1, 0.15) is 11.8 Å². The lowest BCUT2D eigenvalue weighted by Gasteiger charge is -2.17. The first-order valence-corrected chi connectivity index (χ1v) is 7.53. The fourth-order valence-electron chi connectivity index (χ4n) is 3.01. The van der Waals surface area contributed by atoms with Crippen LogP contribution in [-0.4, -0.2) is 32.0 Å². The van der Waals surface area contributed by atoms with Crippen molar-refractivity contribution in [3.05, 3.63) is 42.5 Å². The van der Waals surface area contributed by atoms with Crippen LogP contribution in [0.15, 0.2) is 36.9 Å². The monoisotopic (exact) mass is 308 g/mol. The molecule has 23 heavy (non-hydrogen) atoms. The van der Waals surface area contributed by atoms with E-state index in [1.54, 1.807) is 6.33 Å². The molecule has 116 valence electrons. The lowest BCUT2D eigenvalue weighted by Crippen LogP contribution is -2.29. The van der Waals surface area contributed by atoms with Gasteiger partial charge in [0.15, 0.2) is 11.5 Å². The third-order valence-electron chi connectivity index (χ3n) is 4.18. The molecule has 0 radical (unpaired) electrons. The number of nitrogen functional groups attached to an aromatic ring is 1. The van der Waals surface area contributed by atoms with Crippen LogP contribution in [0.25, 0.3) is 11.2 Å². The van der Waals surface area contributed by atoms with Gasteiger partial charge >= 0.3 is 0 Å². The van der Waals surface area contributed by atoms with E-state index in [9.17, 15) is 4.79 Å². The van der Waals surface area contributed by atoms with Gasteiger partial charge in [0.05, 0.1) is 6.33 Å². The molecular formula is C16H16N6O. The number of hydrogen-bond acceptors (Lipinski definition) is 5. The number of para-hydroxylation sites is 1. The van der Waals surface area contributed by atoms with Crippen LogP contribution in [0.3, 0.4) is 0 Å². The second-order valence-corrected chi connectivity index (χ2v) is 5.54. The summed E-state index contributed by atoms with van der Waals surface area (Å²) in [5.74, 6) is 0.465. The fourth-order valence-corrected chi connectivity index (χ4v) is 3.01. The molecule has 2 aromatic heterocycles. The standard InChI is InChI=1S/C16H16N6O/c17-15-14-16(19-9-18-15)21(10-20-14)7-6-13(23)22-8-5-11-3-1-2-4-12(11)22/h1-4,9-10H,5-8H2,(H2,17,18,19). The molecule has 3 aromatic rings. The van der Waals surface area contributed by atoms with E-state index in [0.717, 1.165) is 18.7 Å². The number of benzene rings is 1. The molecule has 0 saturated heterocycles. The third kappa shape index (κ3) is 2.30. The summed E-state index contributed by atoms with van der Waals surface area (Å²) in [7, 11) is 0. The van der Waals surface area contributed by atoms with Gasteiger partial charge in [0.25, 0.3) is 0 Å². The maximum absolute atomic E-state index is 12.5. The Hall–Kier alpha value is -2.96. The van der Waals surface area contributed by atoms with E-state index in [1.807, 2.05) is 27.7 Å². The minimum absolute atomic E-state index is 0.110. The van der Waals surface area contributed by atoms with Crippen LogP contribution < -0.4 is 10.6 Å². The van der Waals surface area contributed by atoms with Crippen molar-refractivity contribution in [2.75, 3.05) is 17.2 Å². The molecule has 2 N–H and O–H groups in total. The lowest BCUT2D eigenvalue weighted by molar-refractivity contribution is -0.118. The number of amides is 1. The summed E-state index contributed by atoms with van der Waals surface area (Å²) in [4.78, 5) is 26.7. The molecule has 7 nitrogen and oxygen atoms in total. The molecule has 0 spiro atoms. The maximum atomic E-state index is 12.5. The highest BCUT2D eigenvalue weighted by Gasteiger charge is 2.23. The zero-order chi connectivity index (χ0) is 15.8. The van der Waals surface area contributed by atoms with Gasteiger partial charge in [-0.3, -0.25) is 4.79 Å². The summed E-state index contributed by atoms with van der Waals surface area (Å²) in [6, 6.07) is 8.05. The molecule has 1 aliphatic heterocycles. The number of fused-ring (bicyclic) bond motifs is 2. The van der Waals surface area contributed by atoms with Gasteiger partial charge in [-0.2, -0.15) is 0 Å². The van der Waals surface area contributed by atoms with Gasteiger partial charge in [-0.25, -0.2) is 15.0 Å².